The van der Waals surface area contributed by atoms with Crippen molar-refractivity contribution in [1.82, 2.24) is 4.89 Å². The van der Waals surface area contributed by atoms with Crippen LogP contribution in [0.5, 0.6) is 0 Å². The zero-order valence-corrected chi connectivity index (χ0v) is 10.6. The molecular weight excluding hydrogens is 278 g/mol. The van der Waals surface area contributed by atoms with Crippen LogP contribution in [0.25, 0.3) is 0 Å². The predicted molar refractivity (Wildman–Crippen MR) is 63.3 cm³/mol. The first-order chi connectivity index (χ1) is 8.74. The molecule has 0 fully saturated rings. The van der Waals surface area contributed by atoms with Crippen LogP contribution in [0.2, 0.25) is 0 Å². The summed E-state index contributed by atoms with van der Waals surface area (Å²) in [5.41, 5.74) is 4.71. The van der Waals surface area contributed by atoms with Gasteiger partial charge in [-0.3, -0.25) is 19.7 Å². The molecule has 0 bridgehead atoms. The van der Waals surface area contributed by atoms with Crippen molar-refractivity contribution in [3.63, 3.8) is 0 Å². The van der Waals surface area contributed by atoms with Crippen molar-refractivity contribution in [2.45, 2.75) is 11.8 Å². The molecule has 0 aliphatic carbocycles. The number of hydrogen-bond acceptors (Lipinski definition) is 6. The van der Waals surface area contributed by atoms with Crippen LogP contribution in [-0.4, -0.2) is 25.9 Å². The van der Waals surface area contributed by atoms with Crippen LogP contribution in [0.15, 0.2) is 23.1 Å². The Hall–Kier alpha value is -2.04. The molecule has 0 saturated carbocycles. The van der Waals surface area contributed by atoms with E-state index < -0.39 is 27.5 Å². The lowest BCUT2D eigenvalue weighted by Gasteiger charge is -2.08. The third-order valence-corrected chi connectivity index (χ3v) is 3.42. The Kier molecular flexibility index (Phi) is 4.53. The van der Waals surface area contributed by atoms with Crippen molar-refractivity contribution in [2.75, 3.05) is 6.61 Å². The zero-order chi connectivity index (χ0) is 14.6. The zero-order valence-electron chi connectivity index (χ0n) is 9.82. The number of nitrogens with zero attached hydrogens (tertiary/aromatic N) is 1. The maximum Gasteiger partial charge on any atom is 0.269 e. The maximum absolute atomic E-state index is 11.8. The van der Waals surface area contributed by atoms with E-state index in [1.165, 1.54) is 6.92 Å². The van der Waals surface area contributed by atoms with Crippen LogP contribution >= 0.6 is 0 Å². The molecular formula is C9H11N3O6S. The van der Waals surface area contributed by atoms with E-state index in [0.29, 0.717) is 0 Å². The first-order valence-electron chi connectivity index (χ1n) is 4.91. The Morgan fingerprint density at radius 3 is 2.63 bits per heavy atom. The van der Waals surface area contributed by atoms with Crippen molar-refractivity contribution in [3.05, 3.63) is 33.9 Å². The summed E-state index contributed by atoms with van der Waals surface area (Å²) < 4.78 is 23.5. The quantitative estimate of drug-likeness (QED) is 0.539. The van der Waals surface area contributed by atoms with Crippen molar-refractivity contribution in [3.8, 4) is 0 Å². The Labute approximate surface area is 108 Å². The topological polar surface area (TPSA) is 142 Å². The number of amides is 1. The monoisotopic (exact) mass is 289 g/mol. The molecule has 3 N–H and O–H groups in total. The van der Waals surface area contributed by atoms with Gasteiger partial charge in [0.2, 0.25) is 5.91 Å². The van der Waals surface area contributed by atoms with E-state index in [1.807, 2.05) is 0 Å². The first-order valence-corrected chi connectivity index (χ1v) is 6.39. The molecule has 0 spiro atoms. The lowest BCUT2D eigenvalue weighted by atomic mass is 10.2. The molecule has 9 nitrogen and oxygen atoms in total. The molecule has 0 aliphatic rings. The van der Waals surface area contributed by atoms with Gasteiger partial charge in [-0.1, -0.05) is 4.89 Å². The molecule has 19 heavy (non-hydrogen) atoms. The number of carbonyl (C=O) groups excluding carboxylic acids is 1. The average molecular weight is 289 g/mol. The first kappa shape index (κ1) is 15.0. The molecule has 1 aromatic rings. The molecule has 0 atom stereocenters. The van der Waals surface area contributed by atoms with Gasteiger partial charge in [-0.2, -0.15) is 0 Å². The fraction of sp³-hybridized carbons (Fsp3) is 0.222. The summed E-state index contributed by atoms with van der Waals surface area (Å²) in [7, 11) is -4.03. The number of rotatable bonds is 6. The minimum absolute atomic E-state index is 0.171. The van der Waals surface area contributed by atoms with Gasteiger partial charge >= 0.3 is 0 Å². The fourth-order valence-electron chi connectivity index (χ4n) is 1.27. The summed E-state index contributed by atoms with van der Waals surface area (Å²) in [5, 5.41) is 10.5. The van der Waals surface area contributed by atoms with E-state index >= 15 is 0 Å². The van der Waals surface area contributed by atoms with Crippen LogP contribution < -0.4 is 10.6 Å². The molecule has 0 unspecified atom stereocenters. The second kappa shape index (κ2) is 5.73. The third-order valence-electron chi connectivity index (χ3n) is 2.04. The number of carbonyl (C=O) groups is 1. The largest absolute Gasteiger partial charge is 0.368 e. The highest BCUT2D eigenvalue weighted by Crippen LogP contribution is 2.20. The number of nitro benzene ring substituents is 1. The highest BCUT2D eigenvalue weighted by Gasteiger charge is 2.19. The number of primary amides is 1. The third kappa shape index (κ3) is 3.98. The van der Waals surface area contributed by atoms with Crippen molar-refractivity contribution in [2.24, 2.45) is 5.73 Å². The molecule has 0 radical (unpaired) electrons. The Balaban J connectivity index is 2.96. The van der Waals surface area contributed by atoms with Gasteiger partial charge in [0.15, 0.2) is 0 Å². The van der Waals surface area contributed by atoms with Crippen LogP contribution in [0.3, 0.4) is 0 Å². The summed E-state index contributed by atoms with van der Waals surface area (Å²) in [5.74, 6) is -0.844. The van der Waals surface area contributed by atoms with Gasteiger partial charge in [0.05, 0.1) is 9.82 Å². The van der Waals surface area contributed by atoms with Crippen LogP contribution in [0, 0.1) is 17.0 Å². The minimum Gasteiger partial charge on any atom is -0.368 e. The van der Waals surface area contributed by atoms with Crippen LogP contribution in [0.1, 0.15) is 5.56 Å². The Morgan fingerprint density at radius 1 is 1.53 bits per heavy atom. The number of nitrogens with one attached hydrogen (secondary N) is 1. The molecule has 1 amide bonds. The summed E-state index contributed by atoms with van der Waals surface area (Å²) in [4.78, 5) is 26.2. The van der Waals surface area contributed by atoms with Crippen molar-refractivity contribution in [1.29, 1.82) is 0 Å². The summed E-state index contributed by atoms with van der Waals surface area (Å²) in [6, 6.07) is 3.24. The lowest BCUT2D eigenvalue weighted by molar-refractivity contribution is -0.385. The predicted octanol–water partition coefficient (Wildman–Crippen LogP) is -0.402. The molecule has 104 valence electrons. The van der Waals surface area contributed by atoms with Gasteiger partial charge in [0.25, 0.3) is 15.7 Å². The fourth-order valence-corrected chi connectivity index (χ4v) is 2.31. The second-order valence-electron chi connectivity index (χ2n) is 3.55. The molecule has 0 aromatic heterocycles. The highest BCUT2D eigenvalue weighted by atomic mass is 32.2. The normalized spacial score (nSPS) is 11.2. The number of hydrogen-bond donors (Lipinski definition) is 2. The van der Waals surface area contributed by atoms with Gasteiger partial charge < -0.3 is 5.73 Å². The van der Waals surface area contributed by atoms with E-state index in [9.17, 15) is 23.3 Å². The molecule has 0 heterocycles. The number of non-ortho nitro benzene ring substituents is 1. The number of benzene rings is 1. The summed E-state index contributed by atoms with van der Waals surface area (Å²) in [6.45, 7) is 0.779. The van der Waals surface area contributed by atoms with Gasteiger partial charge in [0, 0.05) is 12.1 Å². The number of sulfonamides is 1. The van der Waals surface area contributed by atoms with Gasteiger partial charge in [-0.15, -0.1) is 0 Å². The summed E-state index contributed by atoms with van der Waals surface area (Å²) >= 11 is 0. The molecule has 1 rings (SSSR count). The number of nitro groups is 1. The Bertz CT molecular complexity index is 612. The SMILES string of the molecule is Cc1cc([N+](=O)[O-])ccc1S(=O)(=O)NOCC(N)=O. The summed E-state index contributed by atoms with van der Waals surface area (Å²) in [6.07, 6.45) is 0. The molecule has 0 aliphatic heterocycles. The standard InChI is InChI=1S/C9H11N3O6S/c1-6-4-7(12(14)15)2-3-8(6)19(16,17)11-18-5-9(10)13/h2-4,11H,5H2,1H3,(H2,10,13). The molecule has 0 saturated heterocycles. The van der Waals surface area contributed by atoms with E-state index in [1.54, 1.807) is 4.89 Å². The van der Waals surface area contributed by atoms with Gasteiger partial charge in [-0.25, -0.2) is 8.42 Å². The van der Waals surface area contributed by atoms with Crippen LogP contribution in [0.4, 0.5) is 5.69 Å². The smallest absolute Gasteiger partial charge is 0.269 e. The maximum atomic E-state index is 11.8. The highest BCUT2D eigenvalue weighted by molar-refractivity contribution is 7.89. The Morgan fingerprint density at radius 2 is 2.16 bits per heavy atom. The minimum atomic E-state index is -4.03. The van der Waals surface area contributed by atoms with Crippen LogP contribution in [-0.2, 0) is 19.7 Å². The average Bonchev–Trinajstić information content (AvgIpc) is 2.27. The van der Waals surface area contributed by atoms with E-state index in [0.717, 1.165) is 18.2 Å². The van der Waals surface area contributed by atoms with E-state index in [2.05, 4.69) is 4.84 Å². The van der Waals surface area contributed by atoms with E-state index in [4.69, 9.17) is 5.73 Å². The molecule has 1 aromatic carbocycles. The van der Waals surface area contributed by atoms with Crippen molar-refractivity contribution < 1.29 is 23.0 Å². The van der Waals surface area contributed by atoms with Gasteiger partial charge in [-0.05, 0) is 18.6 Å². The second-order valence-corrected chi connectivity index (χ2v) is 5.16. The van der Waals surface area contributed by atoms with Crippen molar-refractivity contribution >= 4 is 21.6 Å². The molecule has 10 heteroatoms. The lowest BCUT2D eigenvalue weighted by Crippen LogP contribution is -2.29. The van der Waals surface area contributed by atoms with E-state index in [-0.39, 0.29) is 16.1 Å². The number of aryl methyl sites for hydroxylation is 1. The number of nitrogens with two attached hydrogens (primary N) is 1. The van der Waals surface area contributed by atoms with Gasteiger partial charge in [0.1, 0.15) is 6.61 Å².